The van der Waals surface area contributed by atoms with Crippen molar-refractivity contribution >= 4 is 11.6 Å². The molecule has 19 heteroatoms. The highest BCUT2D eigenvalue weighted by Gasteiger charge is 2.93. The molecule has 0 unspecified atom stereocenters. The van der Waals surface area contributed by atoms with Crippen LogP contribution >= 0.6 is 0 Å². The van der Waals surface area contributed by atoms with Gasteiger partial charge in [0.2, 0.25) is 0 Å². The van der Waals surface area contributed by atoms with Crippen molar-refractivity contribution in [1.29, 1.82) is 0 Å². The number of carbonyl (C=O) groups is 1. The Morgan fingerprint density at radius 2 is 1.25 bits per heavy atom. The molecule has 0 amide bonds. The molecule has 0 saturated heterocycles. The van der Waals surface area contributed by atoms with Gasteiger partial charge in [0.1, 0.15) is 11.3 Å². The number of halogens is 15. The van der Waals surface area contributed by atoms with Crippen LogP contribution in [0.15, 0.2) is 24.4 Å². The third kappa shape index (κ3) is 3.72. The van der Waals surface area contributed by atoms with E-state index in [1.807, 2.05) is 0 Å². The summed E-state index contributed by atoms with van der Waals surface area (Å²) < 4.78 is 207. The van der Waals surface area contributed by atoms with Crippen molar-refractivity contribution in [2.45, 2.75) is 48.6 Å². The van der Waals surface area contributed by atoms with E-state index in [-0.39, 0.29) is 4.40 Å². The van der Waals surface area contributed by atoms with E-state index >= 15 is 0 Å². The Labute approximate surface area is 188 Å². The van der Waals surface area contributed by atoms with Crippen LogP contribution in [0.5, 0.6) is 0 Å². The summed E-state index contributed by atoms with van der Waals surface area (Å²) in [7, 11) is 0. The first-order valence-electron chi connectivity index (χ1n) is 8.93. The molecule has 204 valence electrons. The maximum absolute atomic E-state index is 14.7. The number of pyridine rings is 1. The largest absolute Gasteiger partial charge is 0.461 e. The second-order valence-corrected chi connectivity index (χ2v) is 6.90. The molecule has 0 atom stereocenters. The van der Waals surface area contributed by atoms with Crippen molar-refractivity contribution in [3.8, 4) is 0 Å². The molecule has 0 radical (unpaired) electrons. The molecule has 0 saturated carbocycles. The number of nitrogens with zero attached hydrogens (tertiary/aromatic N) is 2. The molecule has 4 nitrogen and oxygen atoms in total. The first kappa shape index (κ1) is 29.3. The van der Waals surface area contributed by atoms with E-state index in [0.29, 0.717) is 12.3 Å². The smallest absolute Gasteiger partial charge is 0.460 e. The third-order valence-corrected chi connectivity index (χ3v) is 4.62. The Morgan fingerprint density at radius 1 is 0.778 bits per heavy atom. The number of imidazole rings is 1. The summed E-state index contributed by atoms with van der Waals surface area (Å²) in [6.07, 6.45) is -7.05. The lowest BCUT2D eigenvalue weighted by molar-refractivity contribution is -0.454. The van der Waals surface area contributed by atoms with Crippen LogP contribution in [0.2, 0.25) is 0 Å². The lowest BCUT2D eigenvalue weighted by atomic mass is 9.89. The first-order valence-corrected chi connectivity index (χ1v) is 8.93. The normalized spacial score (nSPS) is 14.9. The summed E-state index contributed by atoms with van der Waals surface area (Å²) in [6, 6.07) is 2.62. The highest BCUT2D eigenvalue weighted by molar-refractivity contribution is 5.90. The number of ether oxygens (including phenoxy) is 1. The lowest BCUT2D eigenvalue weighted by Gasteiger charge is -2.41. The number of hydrogen-bond acceptors (Lipinski definition) is 3. The minimum absolute atomic E-state index is 0.222. The average molecular weight is 558 g/mol. The monoisotopic (exact) mass is 558 g/mol. The zero-order valence-corrected chi connectivity index (χ0v) is 16.9. The average Bonchev–Trinajstić information content (AvgIpc) is 3.12. The van der Waals surface area contributed by atoms with E-state index < -0.39 is 71.3 Å². The van der Waals surface area contributed by atoms with Gasteiger partial charge in [-0.1, -0.05) is 6.07 Å². The van der Waals surface area contributed by atoms with Gasteiger partial charge >= 0.3 is 47.7 Å². The van der Waals surface area contributed by atoms with Crippen molar-refractivity contribution in [1.82, 2.24) is 9.38 Å². The van der Waals surface area contributed by atoms with Gasteiger partial charge in [0.15, 0.2) is 5.69 Å². The van der Waals surface area contributed by atoms with Crippen LogP contribution in [0.25, 0.3) is 5.65 Å². The minimum atomic E-state index is -8.45. The van der Waals surface area contributed by atoms with Gasteiger partial charge in [-0.15, -0.1) is 0 Å². The van der Waals surface area contributed by atoms with Crippen molar-refractivity contribution < 1.29 is 75.4 Å². The number of carbonyl (C=O) groups excluding carboxylic acids is 1. The Hall–Kier alpha value is -2.89. The van der Waals surface area contributed by atoms with Crippen LogP contribution in [0.1, 0.15) is 23.1 Å². The Bertz CT molecular complexity index is 1140. The zero-order valence-electron chi connectivity index (χ0n) is 16.9. The van der Waals surface area contributed by atoms with Crippen LogP contribution in [0.4, 0.5) is 65.9 Å². The molecule has 2 aromatic rings. The van der Waals surface area contributed by atoms with Gasteiger partial charge in [0.05, 0.1) is 6.61 Å². The van der Waals surface area contributed by atoms with Crippen LogP contribution in [-0.2, 0) is 10.7 Å². The number of hydrogen-bond donors (Lipinski definition) is 0. The standard InChI is InChI=1S/C17H9F15N2O2/c1-2-36-10(35)8-9(33-7-5-3-4-6-34(7)8)11(18,19)12(20,21)13(22,23)14(24,25)15(26,27)16(28,29)17(30,31)32/h3-6H,2H2,1H3. The van der Waals surface area contributed by atoms with Gasteiger partial charge in [-0.25, -0.2) is 9.78 Å². The van der Waals surface area contributed by atoms with E-state index in [4.69, 9.17) is 0 Å². The minimum Gasteiger partial charge on any atom is -0.461 e. The van der Waals surface area contributed by atoms with Gasteiger partial charge in [-0.3, -0.25) is 4.40 Å². The molecule has 0 aliphatic carbocycles. The second-order valence-electron chi connectivity index (χ2n) is 6.90. The maximum Gasteiger partial charge on any atom is 0.460 e. The second kappa shape index (κ2) is 8.32. The molecule has 0 fully saturated rings. The van der Waals surface area contributed by atoms with E-state index in [0.717, 1.165) is 19.1 Å². The molecule has 0 bridgehead atoms. The van der Waals surface area contributed by atoms with Crippen molar-refractivity contribution in [3.63, 3.8) is 0 Å². The Morgan fingerprint density at radius 3 is 1.72 bits per heavy atom. The fourth-order valence-electron chi connectivity index (χ4n) is 2.72. The quantitative estimate of drug-likeness (QED) is 0.281. The molecule has 0 N–H and O–H groups in total. The lowest BCUT2D eigenvalue weighted by Crippen LogP contribution is -2.72. The van der Waals surface area contributed by atoms with E-state index in [9.17, 15) is 70.7 Å². The molecule has 2 heterocycles. The third-order valence-electron chi connectivity index (χ3n) is 4.62. The summed E-state index contributed by atoms with van der Waals surface area (Å²) in [5.41, 5.74) is -5.43. The molecular formula is C17H9F15N2O2. The summed E-state index contributed by atoms with van der Waals surface area (Å²) in [6.45, 7) is 0.387. The van der Waals surface area contributed by atoms with Crippen LogP contribution in [0.3, 0.4) is 0 Å². The molecule has 2 rings (SSSR count). The van der Waals surface area contributed by atoms with Crippen LogP contribution < -0.4 is 0 Å². The number of aromatic nitrogens is 2. The molecule has 36 heavy (non-hydrogen) atoms. The molecule has 2 aromatic heterocycles. The van der Waals surface area contributed by atoms with Gasteiger partial charge in [0.25, 0.3) is 0 Å². The van der Waals surface area contributed by atoms with Gasteiger partial charge in [0, 0.05) is 6.20 Å². The SMILES string of the molecule is CCOC(=O)c1c(C(F)(F)C(F)(F)C(F)(F)C(F)(F)C(F)(F)C(F)(F)C(F)(F)F)nc2ccccn12. The van der Waals surface area contributed by atoms with E-state index in [1.165, 1.54) is 0 Å². The summed E-state index contributed by atoms with van der Waals surface area (Å²) >= 11 is 0. The number of alkyl halides is 15. The Kier molecular flexibility index (Phi) is 6.78. The van der Waals surface area contributed by atoms with E-state index in [1.54, 1.807) is 0 Å². The maximum atomic E-state index is 14.7. The molecule has 0 spiro atoms. The zero-order chi connectivity index (χ0) is 28.3. The first-order chi connectivity index (χ1) is 15.9. The molecular weight excluding hydrogens is 549 g/mol. The number of fused-ring (bicyclic) bond motifs is 1. The van der Waals surface area contributed by atoms with Gasteiger partial charge in [-0.2, -0.15) is 65.9 Å². The van der Waals surface area contributed by atoms with Gasteiger partial charge < -0.3 is 4.74 Å². The van der Waals surface area contributed by atoms with Crippen LogP contribution in [-0.4, -0.2) is 57.7 Å². The number of esters is 1. The van der Waals surface area contributed by atoms with E-state index in [2.05, 4.69) is 9.72 Å². The van der Waals surface area contributed by atoms with Crippen molar-refractivity contribution in [2.24, 2.45) is 0 Å². The molecule has 0 aromatic carbocycles. The highest BCUT2D eigenvalue weighted by Crippen LogP contribution is 2.63. The summed E-state index contributed by atoms with van der Waals surface area (Å²) in [5.74, 6) is -49.9. The molecule has 0 aliphatic rings. The highest BCUT2D eigenvalue weighted by atomic mass is 19.4. The van der Waals surface area contributed by atoms with Crippen molar-refractivity contribution in [2.75, 3.05) is 6.61 Å². The van der Waals surface area contributed by atoms with Crippen molar-refractivity contribution in [3.05, 3.63) is 35.8 Å². The topological polar surface area (TPSA) is 43.6 Å². The fourth-order valence-corrected chi connectivity index (χ4v) is 2.72. The summed E-state index contributed by atoms with van der Waals surface area (Å²) in [4.78, 5) is 14.8. The number of rotatable bonds is 8. The molecule has 0 aliphatic heterocycles. The summed E-state index contributed by atoms with van der Waals surface area (Å²) in [5, 5.41) is 0. The van der Waals surface area contributed by atoms with Crippen LogP contribution in [0, 0.1) is 0 Å². The Balaban J connectivity index is 2.80. The fraction of sp³-hybridized carbons (Fsp3) is 0.529. The van der Waals surface area contributed by atoms with Gasteiger partial charge in [-0.05, 0) is 19.1 Å². The predicted molar refractivity (Wildman–Crippen MR) is 85.8 cm³/mol. The predicted octanol–water partition coefficient (Wildman–Crippen LogP) is 6.34.